The molecule has 1 heterocycles. The Balaban J connectivity index is 1.97. The Morgan fingerprint density at radius 3 is 2.62 bits per heavy atom. The molecule has 1 aromatic heterocycles. The average Bonchev–Trinajstić information content (AvgIpc) is 2.59. The summed E-state index contributed by atoms with van der Waals surface area (Å²) in [4.78, 5) is 27.7. The van der Waals surface area contributed by atoms with Crippen LogP contribution in [0.2, 0.25) is 0 Å². The highest BCUT2D eigenvalue weighted by Crippen LogP contribution is 2.28. The maximum absolute atomic E-state index is 12.0. The van der Waals surface area contributed by atoms with Crippen LogP contribution in [0.15, 0.2) is 41.1 Å². The molecule has 2 aromatic rings. The monoisotopic (exact) mass is 394 g/mol. The lowest BCUT2D eigenvalue weighted by molar-refractivity contribution is -0.119. The van der Waals surface area contributed by atoms with E-state index in [1.54, 1.807) is 30.5 Å². The quantitative estimate of drug-likeness (QED) is 0.757. The molecule has 0 aliphatic carbocycles. The number of methoxy groups -OCH3 is 2. The number of aromatic nitrogens is 1. The second kappa shape index (κ2) is 8.30. The number of rotatable bonds is 6. The van der Waals surface area contributed by atoms with Gasteiger partial charge in [0.05, 0.1) is 25.5 Å². The summed E-state index contributed by atoms with van der Waals surface area (Å²) in [6.45, 7) is -0.439. The van der Waals surface area contributed by atoms with Crippen LogP contribution in [0.3, 0.4) is 0 Å². The molecule has 1 amide bonds. The second-order valence-electron chi connectivity index (χ2n) is 4.58. The number of benzene rings is 1. The minimum atomic E-state index is -0.642. The molecule has 0 bridgehead atoms. The molecule has 126 valence electrons. The van der Waals surface area contributed by atoms with Crippen LogP contribution in [0.25, 0.3) is 0 Å². The number of halogens is 1. The Morgan fingerprint density at radius 1 is 1.17 bits per heavy atom. The van der Waals surface area contributed by atoms with E-state index in [-0.39, 0.29) is 5.56 Å². The van der Waals surface area contributed by atoms with E-state index in [9.17, 15) is 9.59 Å². The molecule has 0 radical (unpaired) electrons. The molecule has 0 spiro atoms. The fourth-order valence-corrected chi connectivity index (χ4v) is 2.20. The molecule has 7 nitrogen and oxygen atoms in total. The number of nitrogens with one attached hydrogen (secondary N) is 1. The van der Waals surface area contributed by atoms with Gasteiger partial charge in [-0.2, -0.15) is 0 Å². The highest BCUT2D eigenvalue weighted by Gasteiger charge is 2.13. The molecule has 0 aliphatic rings. The van der Waals surface area contributed by atoms with Gasteiger partial charge in [0, 0.05) is 22.9 Å². The van der Waals surface area contributed by atoms with Gasteiger partial charge in [-0.1, -0.05) is 0 Å². The van der Waals surface area contributed by atoms with E-state index in [1.807, 2.05) is 0 Å². The van der Waals surface area contributed by atoms with Gasteiger partial charge in [0.1, 0.15) is 11.5 Å². The summed E-state index contributed by atoms with van der Waals surface area (Å²) in [5.41, 5.74) is 0.665. The molecule has 0 aliphatic heterocycles. The van der Waals surface area contributed by atoms with Crippen LogP contribution in [-0.2, 0) is 9.53 Å². The topological polar surface area (TPSA) is 86.8 Å². The van der Waals surface area contributed by atoms with E-state index < -0.39 is 18.5 Å². The molecule has 1 N–H and O–H groups in total. The smallest absolute Gasteiger partial charge is 0.340 e. The fraction of sp³-hybridized carbons (Fsp3) is 0.188. The van der Waals surface area contributed by atoms with Crippen molar-refractivity contribution in [3.8, 4) is 11.5 Å². The number of ether oxygens (including phenoxy) is 3. The molecule has 0 atom stereocenters. The molecular weight excluding hydrogens is 380 g/mol. The predicted octanol–water partition coefficient (Wildman–Crippen LogP) is 2.66. The first-order chi connectivity index (χ1) is 11.5. The van der Waals surface area contributed by atoms with Gasteiger partial charge >= 0.3 is 5.97 Å². The lowest BCUT2D eigenvalue weighted by Gasteiger charge is -2.12. The first-order valence-electron chi connectivity index (χ1n) is 6.83. The SMILES string of the molecule is COc1ccc(OC)c(NC(=O)COC(=O)c2cncc(Br)c2)c1. The highest BCUT2D eigenvalue weighted by molar-refractivity contribution is 9.10. The average molecular weight is 395 g/mol. The number of pyridine rings is 1. The molecule has 0 saturated heterocycles. The number of amides is 1. The van der Waals surface area contributed by atoms with Crippen molar-refractivity contribution < 1.29 is 23.8 Å². The summed E-state index contributed by atoms with van der Waals surface area (Å²) >= 11 is 3.21. The van der Waals surface area contributed by atoms with E-state index in [0.29, 0.717) is 21.7 Å². The van der Waals surface area contributed by atoms with E-state index in [2.05, 4.69) is 26.2 Å². The van der Waals surface area contributed by atoms with Crippen molar-refractivity contribution in [2.45, 2.75) is 0 Å². The summed E-state index contributed by atoms with van der Waals surface area (Å²) in [5.74, 6) is -0.121. The van der Waals surface area contributed by atoms with E-state index in [4.69, 9.17) is 14.2 Å². The number of esters is 1. The normalized spacial score (nSPS) is 9.96. The summed E-state index contributed by atoms with van der Waals surface area (Å²) in [6, 6.07) is 6.53. The summed E-state index contributed by atoms with van der Waals surface area (Å²) < 4.78 is 15.9. The Labute approximate surface area is 147 Å². The number of carbonyl (C=O) groups is 2. The number of anilines is 1. The standard InChI is InChI=1S/C16H15BrN2O5/c1-22-12-3-4-14(23-2)13(6-12)19-15(20)9-24-16(21)10-5-11(17)8-18-7-10/h3-8H,9H2,1-2H3,(H,19,20). The third-order valence-corrected chi connectivity index (χ3v) is 3.39. The van der Waals surface area contributed by atoms with Crippen molar-refractivity contribution in [1.29, 1.82) is 0 Å². The Hall–Kier alpha value is -2.61. The van der Waals surface area contributed by atoms with Crippen molar-refractivity contribution >= 4 is 33.5 Å². The van der Waals surface area contributed by atoms with Crippen LogP contribution in [-0.4, -0.2) is 37.7 Å². The molecule has 0 unspecified atom stereocenters. The Morgan fingerprint density at radius 2 is 1.96 bits per heavy atom. The summed E-state index contributed by atoms with van der Waals surface area (Å²) in [6.07, 6.45) is 2.90. The minimum Gasteiger partial charge on any atom is -0.497 e. The highest BCUT2D eigenvalue weighted by atomic mass is 79.9. The minimum absolute atomic E-state index is 0.246. The van der Waals surface area contributed by atoms with Crippen molar-refractivity contribution in [2.24, 2.45) is 0 Å². The lowest BCUT2D eigenvalue weighted by Crippen LogP contribution is -2.21. The van der Waals surface area contributed by atoms with Crippen LogP contribution in [0.1, 0.15) is 10.4 Å². The molecule has 0 saturated carbocycles. The van der Waals surface area contributed by atoms with Gasteiger partial charge in [-0.15, -0.1) is 0 Å². The number of hydrogen-bond donors (Lipinski definition) is 1. The van der Waals surface area contributed by atoms with Gasteiger partial charge in [-0.25, -0.2) is 4.79 Å². The van der Waals surface area contributed by atoms with Gasteiger partial charge < -0.3 is 19.5 Å². The molecule has 0 fully saturated rings. The van der Waals surface area contributed by atoms with Crippen molar-refractivity contribution in [3.63, 3.8) is 0 Å². The summed E-state index contributed by atoms with van der Waals surface area (Å²) in [7, 11) is 3.00. The molecule has 1 aromatic carbocycles. The third-order valence-electron chi connectivity index (χ3n) is 2.96. The summed E-state index contributed by atoms with van der Waals surface area (Å²) in [5, 5.41) is 2.61. The predicted molar refractivity (Wildman–Crippen MR) is 90.4 cm³/mol. The van der Waals surface area contributed by atoms with Gasteiger partial charge in [0.2, 0.25) is 0 Å². The first kappa shape index (κ1) is 17.7. The van der Waals surface area contributed by atoms with Crippen LogP contribution in [0.5, 0.6) is 11.5 Å². The Kier molecular flexibility index (Phi) is 6.14. The zero-order valence-electron chi connectivity index (χ0n) is 13.0. The van der Waals surface area contributed by atoms with E-state index >= 15 is 0 Å². The molecular formula is C16H15BrN2O5. The number of nitrogens with zero attached hydrogens (tertiary/aromatic N) is 1. The van der Waals surface area contributed by atoms with E-state index in [0.717, 1.165) is 0 Å². The fourth-order valence-electron chi connectivity index (χ4n) is 1.84. The van der Waals surface area contributed by atoms with Crippen LogP contribution >= 0.6 is 15.9 Å². The van der Waals surface area contributed by atoms with Crippen molar-refractivity contribution in [1.82, 2.24) is 4.98 Å². The van der Waals surface area contributed by atoms with Gasteiger partial charge in [0.15, 0.2) is 6.61 Å². The van der Waals surface area contributed by atoms with Crippen LogP contribution in [0, 0.1) is 0 Å². The molecule has 2 rings (SSSR count). The zero-order valence-corrected chi connectivity index (χ0v) is 14.6. The second-order valence-corrected chi connectivity index (χ2v) is 5.50. The number of hydrogen-bond acceptors (Lipinski definition) is 6. The van der Waals surface area contributed by atoms with Crippen LogP contribution < -0.4 is 14.8 Å². The van der Waals surface area contributed by atoms with E-state index in [1.165, 1.54) is 20.4 Å². The van der Waals surface area contributed by atoms with Crippen molar-refractivity contribution in [2.75, 3.05) is 26.1 Å². The lowest BCUT2D eigenvalue weighted by atomic mass is 10.2. The largest absolute Gasteiger partial charge is 0.497 e. The maximum Gasteiger partial charge on any atom is 0.340 e. The number of carbonyl (C=O) groups excluding carboxylic acids is 2. The zero-order chi connectivity index (χ0) is 17.5. The van der Waals surface area contributed by atoms with Gasteiger partial charge in [0.25, 0.3) is 5.91 Å². The Bertz CT molecular complexity index is 751. The maximum atomic E-state index is 12.0. The third kappa shape index (κ3) is 4.69. The first-order valence-corrected chi connectivity index (χ1v) is 7.62. The van der Waals surface area contributed by atoms with Crippen molar-refractivity contribution in [3.05, 3.63) is 46.7 Å². The van der Waals surface area contributed by atoms with Gasteiger partial charge in [-0.3, -0.25) is 9.78 Å². The molecule has 24 heavy (non-hydrogen) atoms. The van der Waals surface area contributed by atoms with Gasteiger partial charge in [-0.05, 0) is 34.1 Å². The molecule has 8 heteroatoms. The van der Waals surface area contributed by atoms with Crippen LogP contribution in [0.4, 0.5) is 5.69 Å².